The van der Waals surface area contributed by atoms with Crippen LogP contribution in [0.4, 0.5) is 35.5 Å². The van der Waals surface area contributed by atoms with Gasteiger partial charge in [-0.05, 0) is 102 Å². The van der Waals surface area contributed by atoms with E-state index in [2.05, 4.69) is 20.8 Å². The van der Waals surface area contributed by atoms with Gasteiger partial charge < -0.3 is 9.47 Å². The number of carbonyl (C=O) groups is 2. The number of benzene rings is 3. The van der Waals surface area contributed by atoms with Gasteiger partial charge in [0.1, 0.15) is 11.9 Å². The third-order valence-corrected chi connectivity index (χ3v) is 11.1. The van der Waals surface area contributed by atoms with Crippen LogP contribution in [-0.2, 0) is 21.8 Å². The van der Waals surface area contributed by atoms with Crippen LogP contribution >= 0.6 is 11.6 Å². The van der Waals surface area contributed by atoms with Crippen LogP contribution in [0.25, 0.3) is 16.7 Å². The van der Waals surface area contributed by atoms with Crippen LogP contribution in [0, 0.1) is 17.2 Å². The summed E-state index contributed by atoms with van der Waals surface area (Å²) >= 11 is 6.57. The van der Waals surface area contributed by atoms with Gasteiger partial charge in [-0.3, -0.25) is 4.90 Å². The van der Waals surface area contributed by atoms with Gasteiger partial charge in [0.05, 0.1) is 29.8 Å². The molecule has 1 fully saturated rings. The maximum atomic E-state index is 15.9. The summed E-state index contributed by atoms with van der Waals surface area (Å²) in [4.78, 5) is 26.8. The molecule has 1 amide bonds. The Kier molecular flexibility index (Phi) is 11.6. The molecule has 0 spiro atoms. The Balaban J connectivity index is 1.58. The van der Waals surface area contributed by atoms with Crippen LogP contribution in [0.2, 0.25) is 5.02 Å². The molecule has 0 aromatic heterocycles. The zero-order valence-electron chi connectivity index (χ0n) is 30.0. The highest BCUT2D eigenvalue weighted by atomic mass is 35.5. The number of methoxy groups -OCH3 is 1. The molecular formula is C40H41ClF7NO4. The summed E-state index contributed by atoms with van der Waals surface area (Å²) in [6.45, 7) is 7.81. The van der Waals surface area contributed by atoms with Crippen LogP contribution in [0.5, 0.6) is 0 Å². The smallest absolute Gasteiger partial charge is 0.416 e. The Morgan fingerprint density at radius 1 is 1.00 bits per heavy atom. The van der Waals surface area contributed by atoms with E-state index in [0.717, 1.165) is 31.3 Å². The number of alkyl halides is 6. The van der Waals surface area contributed by atoms with Gasteiger partial charge in [-0.25, -0.2) is 14.0 Å². The fraction of sp³-hybridized carbons (Fsp3) is 0.450. The number of ether oxygens (including phenoxy) is 2. The van der Waals surface area contributed by atoms with Crippen LogP contribution < -0.4 is 0 Å². The highest BCUT2D eigenvalue weighted by Crippen LogP contribution is 2.51. The zero-order valence-corrected chi connectivity index (χ0v) is 30.7. The number of hydrogen-bond acceptors (Lipinski definition) is 4. The molecule has 0 N–H and O–H groups in total. The Morgan fingerprint density at radius 2 is 1.66 bits per heavy atom. The van der Waals surface area contributed by atoms with Crippen LogP contribution in [0.15, 0.2) is 60.2 Å². The second-order valence-electron chi connectivity index (χ2n) is 14.2. The van der Waals surface area contributed by atoms with Gasteiger partial charge in [-0.2, -0.15) is 26.3 Å². The van der Waals surface area contributed by atoms with Crippen LogP contribution in [-0.4, -0.2) is 36.7 Å². The molecule has 1 aliphatic heterocycles. The summed E-state index contributed by atoms with van der Waals surface area (Å²) in [7, 11) is 1.25. The minimum atomic E-state index is -5.08. The van der Waals surface area contributed by atoms with Crippen molar-refractivity contribution in [3.8, 4) is 11.1 Å². The highest BCUT2D eigenvalue weighted by Gasteiger charge is 2.45. The molecule has 1 heterocycles. The Hall–Kier alpha value is -4.06. The first-order valence-electron chi connectivity index (χ1n) is 17.5. The molecular weight excluding hydrogens is 727 g/mol. The average Bonchev–Trinajstić information content (AvgIpc) is 3.38. The molecule has 13 heteroatoms. The first-order valence-corrected chi connectivity index (χ1v) is 17.8. The van der Waals surface area contributed by atoms with Crippen molar-refractivity contribution in [3.63, 3.8) is 0 Å². The second kappa shape index (κ2) is 15.4. The molecule has 286 valence electrons. The van der Waals surface area contributed by atoms with Crippen LogP contribution in [0.3, 0.4) is 0 Å². The molecule has 0 bridgehead atoms. The van der Waals surface area contributed by atoms with E-state index in [0.29, 0.717) is 47.6 Å². The monoisotopic (exact) mass is 767 g/mol. The minimum Gasteiger partial charge on any atom is -0.465 e. The molecule has 0 saturated carbocycles. The molecule has 5 rings (SSSR count). The molecule has 4 atom stereocenters. The van der Waals surface area contributed by atoms with Crippen molar-refractivity contribution in [3.05, 3.63) is 98.8 Å². The number of halogens is 8. The van der Waals surface area contributed by atoms with Gasteiger partial charge in [-0.15, -0.1) is 0 Å². The third kappa shape index (κ3) is 8.37. The number of cyclic esters (lactones) is 1. The second-order valence-corrected chi connectivity index (χ2v) is 14.6. The normalized spacial score (nSPS) is 21.5. The zero-order chi connectivity index (χ0) is 39.0. The number of amides is 1. The van der Waals surface area contributed by atoms with Gasteiger partial charge in [0.15, 0.2) is 0 Å². The Bertz CT molecular complexity index is 1870. The number of esters is 1. The number of carbonyl (C=O) groups excluding carboxylic acids is 2. The first kappa shape index (κ1) is 40.1. The fourth-order valence-corrected chi connectivity index (χ4v) is 8.20. The Labute approximate surface area is 309 Å². The topological polar surface area (TPSA) is 55.8 Å². The van der Waals surface area contributed by atoms with E-state index in [1.165, 1.54) is 31.1 Å². The number of rotatable bonds is 10. The number of nitrogens with zero attached hydrogens (tertiary/aromatic N) is 1. The largest absolute Gasteiger partial charge is 0.465 e. The van der Waals surface area contributed by atoms with E-state index in [4.69, 9.17) is 21.1 Å². The van der Waals surface area contributed by atoms with Crippen LogP contribution in [0.1, 0.15) is 105 Å². The van der Waals surface area contributed by atoms with Crippen molar-refractivity contribution in [2.45, 2.75) is 90.7 Å². The van der Waals surface area contributed by atoms with Crippen molar-refractivity contribution in [2.75, 3.05) is 13.7 Å². The number of hydrogen-bond donors (Lipinski definition) is 0. The lowest BCUT2D eigenvalue weighted by Gasteiger charge is -2.43. The molecule has 1 unspecified atom stereocenters. The molecule has 1 aliphatic carbocycles. The van der Waals surface area contributed by atoms with E-state index in [1.54, 1.807) is 24.3 Å². The van der Waals surface area contributed by atoms with E-state index < -0.39 is 59.1 Å². The lowest BCUT2D eigenvalue weighted by Crippen LogP contribution is -2.38. The maximum Gasteiger partial charge on any atom is 0.416 e. The third-order valence-electron chi connectivity index (χ3n) is 10.8. The van der Waals surface area contributed by atoms with E-state index >= 15 is 4.39 Å². The van der Waals surface area contributed by atoms with Gasteiger partial charge in [0, 0.05) is 22.7 Å². The summed E-state index contributed by atoms with van der Waals surface area (Å²) in [6, 6.07) is 9.40. The van der Waals surface area contributed by atoms with Crippen molar-refractivity contribution in [1.82, 2.24) is 4.90 Å². The lowest BCUT2D eigenvalue weighted by atomic mass is 9.63. The van der Waals surface area contributed by atoms with E-state index in [-0.39, 0.29) is 34.2 Å². The summed E-state index contributed by atoms with van der Waals surface area (Å²) in [6.07, 6.45) is -8.06. The minimum absolute atomic E-state index is 0.0342. The van der Waals surface area contributed by atoms with E-state index in [1.807, 2.05) is 0 Å². The SMILES string of the molecule is CCC[C@H](CC)C1(C)CCC(c2cc(-c3ccc(C(=O)OC)cc3Cl)ccc2F)=C(CN2C(=O)O[C@H](c3cc(C(F)(F)F)cc(C(F)(F)F)c3)[C@@H]2C)C1. The maximum absolute atomic E-state index is 15.9. The summed E-state index contributed by atoms with van der Waals surface area (Å²) < 4.78 is 108. The van der Waals surface area contributed by atoms with E-state index in [9.17, 15) is 35.9 Å². The predicted molar refractivity (Wildman–Crippen MR) is 188 cm³/mol. The first-order chi connectivity index (χ1) is 24.8. The van der Waals surface area contributed by atoms with Gasteiger partial charge >= 0.3 is 24.4 Å². The molecule has 0 radical (unpaired) electrons. The number of allylic oxidation sites excluding steroid dienone is 1. The van der Waals surface area contributed by atoms with Crippen molar-refractivity contribution in [1.29, 1.82) is 0 Å². The van der Waals surface area contributed by atoms with Gasteiger partial charge in [0.25, 0.3) is 0 Å². The molecule has 53 heavy (non-hydrogen) atoms. The summed E-state index contributed by atoms with van der Waals surface area (Å²) in [5, 5.41) is 0.240. The highest BCUT2D eigenvalue weighted by molar-refractivity contribution is 6.33. The fourth-order valence-electron chi connectivity index (χ4n) is 7.92. The van der Waals surface area contributed by atoms with Gasteiger partial charge in [-0.1, -0.05) is 63.8 Å². The van der Waals surface area contributed by atoms with Crippen molar-refractivity contribution < 1.29 is 49.8 Å². The average molecular weight is 768 g/mol. The summed E-state index contributed by atoms with van der Waals surface area (Å²) in [5.74, 6) is -0.794. The predicted octanol–water partition coefficient (Wildman–Crippen LogP) is 12.3. The Morgan fingerprint density at radius 3 is 2.23 bits per heavy atom. The molecule has 1 saturated heterocycles. The summed E-state index contributed by atoms with van der Waals surface area (Å²) in [5.41, 5.74) is -0.680. The quantitative estimate of drug-likeness (QED) is 0.152. The lowest BCUT2D eigenvalue weighted by molar-refractivity contribution is -0.143. The molecule has 3 aromatic rings. The van der Waals surface area contributed by atoms with Crippen molar-refractivity contribution in [2.24, 2.45) is 11.3 Å². The standard InChI is InChI=1S/C40H41ClF7NO4/c1-6-8-27(7-2)38(4)14-13-30(32-17-23(10-12-34(32)42)31-11-9-24(18-33(31)41)36(50)52-5)26(20-38)21-49-22(3)35(53-37(49)51)25-15-28(39(43,44)45)19-29(16-25)40(46,47)48/h9-12,15-19,22,27,35H,6-8,13-14,20-21H2,1-5H3/t22-,27-,35-,38?/m0/s1. The molecule has 3 aromatic carbocycles. The van der Waals surface area contributed by atoms with Crippen molar-refractivity contribution >= 4 is 29.2 Å². The molecule has 5 nitrogen and oxygen atoms in total. The molecule has 2 aliphatic rings. The van der Waals surface area contributed by atoms with Gasteiger partial charge in [0.2, 0.25) is 0 Å².